The molecule has 0 unspecified atom stereocenters. The number of halogens is 1. The highest BCUT2D eigenvalue weighted by molar-refractivity contribution is 6.32. The van der Waals surface area contributed by atoms with Crippen molar-refractivity contribution in [2.24, 2.45) is 0 Å². The normalized spacial score (nSPS) is 11.2. The molecule has 3 nitrogen and oxygen atoms in total. The van der Waals surface area contributed by atoms with Gasteiger partial charge in [0.15, 0.2) is 11.5 Å². The minimum Gasteiger partial charge on any atom is -0.440 e. The van der Waals surface area contributed by atoms with E-state index in [2.05, 4.69) is 4.98 Å². The molecule has 0 amide bonds. The van der Waals surface area contributed by atoms with Gasteiger partial charge in [0.25, 0.3) is 0 Å². The standard InChI is InChI=1S/C12H12ClNO2/c1-7(2)12-14-10-6-9(13)8(3-4-15)5-11(10)16-12/h4-7H,3H2,1-2H3. The van der Waals surface area contributed by atoms with Crippen molar-refractivity contribution in [1.82, 2.24) is 4.98 Å². The van der Waals surface area contributed by atoms with Gasteiger partial charge >= 0.3 is 0 Å². The van der Waals surface area contributed by atoms with Crippen LogP contribution in [0.1, 0.15) is 31.2 Å². The van der Waals surface area contributed by atoms with E-state index < -0.39 is 0 Å². The maximum atomic E-state index is 10.5. The Morgan fingerprint density at radius 3 is 2.88 bits per heavy atom. The van der Waals surface area contributed by atoms with Crippen molar-refractivity contribution in [2.45, 2.75) is 26.2 Å². The zero-order valence-electron chi connectivity index (χ0n) is 9.16. The predicted octanol–water partition coefficient (Wildman–Crippen LogP) is 3.35. The SMILES string of the molecule is CC(C)c1nc2cc(Cl)c(CC=O)cc2o1. The van der Waals surface area contributed by atoms with Gasteiger partial charge < -0.3 is 9.21 Å². The van der Waals surface area contributed by atoms with Gasteiger partial charge in [0, 0.05) is 17.4 Å². The minimum absolute atomic E-state index is 0.237. The van der Waals surface area contributed by atoms with E-state index in [9.17, 15) is 4.79 Å². The molecular formula is C12H12ClNO2. The molecule has 0 fully saturated rings. The molecule has 0 aliphatic carbocycles. The minimum atomic E-state index is 0.237. The number of oxazole rings is 1. The van der Waals surface area contributed by atoms with Crippen LogP contribution in [0.15, 0.2) is 16.5 Å². The lowest BCUT2D eigenvalue weighted by Crippen LogP contribution is -1.87. The first-order valence-corrected chi connectivity index (χ1v) is 5.52. The second kappa shape index (κ2) is 4.26. The van der Waals surface area contributed by atoms with Gasteiger partial charge in [-0.1, -0.05) is 25.4 Å². The maximum absolute atomic E-state index is 10.5. The fourth-order valence-electron chi connectivity index (χ4n) is 1.50. The molecule has 0 aliphatic rings. The fraction of sp³-hybridized carbons (Fsp3) is 0.333. The number of hydrogen-bond acceptors (Lipinski definition) is 3. The Balaban J connectivity index is 2.56. The number of fused-ring (bicyclic) bond motifs is 1. The van der Waals surface area contributed by atoms with Crippen molar-refractivity contribution < 1.29 is 9.21 Å². The molecule has 0 bridgehead atoms. The van der Waals surface area contributed by atoms with Crippen molar-refractivity contribution in [1.29, 1.82) is 0 Å². The highest BCUT2D eigenvalue weighted by atomic mass is 35.5. The molecule has 1 heterocycles. The smallest absolute Gasteiger partial charge is 0.198 e. The molecule has 0 atom stereocenters. The lowest BCUT2D eigenvalue weighted by atomic mass is 10.1. The molecule has 0 aliphatic heterocycles. The zero-order valence-corrected chi connectivity index (χ0v) is 9.91. The predicted molar refractivity (Wildman–Crippen MR) is 62.9 cm³/mol. The zero-order chi connectivity index (χ0) is 11.7. The molecule has 0 N–H and O–H groups in total. The van der Waals surface area contributed by atoms with Crippen molar-refractivity contribution >= 4 is 29.0 Å². The van der Waals surface area contributed by atoms with Gasteiger partial charge in [-0.15, -0.1) is 0 Å². The molecule has 16 heavy (non-hydrogen) atoms. The summed E-state index contributed by atoms with van der Waals surface area (Å²) in [5.41, 5.74) is 2.20. The summed E-state index contributed by atoms with van der Waals surface area (Å²) < 4.78 is 5.59. The summed E-state index contributed by atoms with van der Waals surface area (Å²) in [5, 5.41) is 0.559. The largest absolute Gasteiger partial charge is 0.440 e. The Morgan fingerprint density at radius 2 is 2.25 bits per heavy atom. The second-order valence-corrected chi connectivity index (χ2v) is 4.40. The molecule has 0 saturated carbocycles. The molecule has 4 heteroatoms. The van der Waals surface area contributed by atoms with Crippen LogP contribution >= 0.6 is 11.6 Å². The molecule has 1 aromatic carbocycles. The van der Waals surface area contributed by atoms with Crippen molar-refractivity contribution in [3.05, 3.63) is 28.6 Å². The number of nitrogens with zero attached hydrogens (tertiary/aromatic N) is 1. The van der Waals surface area contributed by atoms with E-state index in [0.717, 1.165) is 17.4 Å². The van der Waals surface area contributed by atoms with Crippen LogP contribution in [0.2, 0.25) is 5.02 Å². The third-order valence-corrected chi connectivity index (χ3v) is 2.72. The number of benzene rings is 1. The van der Waals surface area contributed by atoms with E-state index in [0.29, 0.717) is 22.9 Å². The summed E-state index contributed by atoms with van der Waals surface area (Å²) in [6.07, 6.45) is 1.12. The van der Waals surface area contributed by atoms with Crippen LogP contribution < -0.4 is 0 Å². The molecule has 2 rings (SSSR count). The Labute approximate surface area is 98.4 Å². The van der Waals surface area contributed by atoms with Crippen molar-refractivity contribution in [3.63, 3.8) is 0 Å². The van der Waals surface area contributed by atoms with Crippen LogP contribution in [-0.2, 0) is 11.2 Å². The molecule has 0 saturated heterocycles. The Kier molecular flexibility index (Phi) is 2.97. The van der Waals surface area contributed by atoms with Gasteiger partial charge in [0.05, 0.1) is 0 Å². The number of rotatable bonds is 3. The topological polar surface area (TPSA) is 43.1 Å². The first-order chi connectivity index (χ1) is 7.61. The summed E-state index contributed by atoms with van der Waals surface area (Å²) in [5.74, 6) is 0.926. The molecule has 84 valence electrons. The van der Waals surface area contributed by atoms with Crippen LogP contribution in [0, 0.1) is 0 Å². The average Bonchev–Trinajstić information content (AvgIpc) is 2.61. The average molecular weight is 238 g/mol. The van der Waals surface area contributed by atoms with Gasteiger partial charge in [0.2, 0.25) is 0 Å². The fourth-order valence-corrected chi connectivity index (χ4v) is 1.74. The van der Waals surface area contributed by atoms with Gasteiger partial charge in [-0.2, -0.15) is 0 Å². The van der Waals surface area contributed by atoms with Gasteiger partial charge in [-0.05, 0) is 17.7 Å². The monoisotopic (exact) mass is 237 g/mol. The quantitative estimate of drug-likeness (QED) is 0.769. The summed E-state index contributed by atoms with van der Waals surface area (Å²) in [7, 11) is 0. The lowest BCUT2D eigenvalue weighted by molar-refractivity contribution is -0.107. The van der Waals surface area contributed by atoms with Crippen LogP contribution in [-0.4, -0.2) is 11.3 Å². The van der Waals surface area contributed by atoms with E-state index in [1.165, 1.54) is 0 Å². The number of aromatic nitrogens is 1. The van der Waals surface area contributed by atoms with Crippen LogP contribution in [0.5, 0.6) is 0 Å². The van der Waals surface area contributed by atoms with Gasteiger partial charge in [0.1, 0.15) is 11.8 Å². The van der Waals surface area contributed by atoms with E-state index >= 15 is 0 Å². The first kappa shape index (κ1) is 11.1. The van der Waals surface area contributed by atoms with Crippen LogP contribution in [0.4, 0.5) is 0 Å². The number of carbonyl (C=O) groups excluding carboxylic acids is 1. The maximum Gasteiger partial charge on any atom is 0.198 e. The summed E-state index contributed by atoms with van der Waals surface area (Å²) >= 11 is 6.03. The Bertz CT molecular complexity index is 531. The van der Waals surface area contributed by atoms with E-state index in [1.807, 2.05) is 13.8 Å². The van der Waals surface area contributed by atoms with Crippen LogP contribution in [0.3, 0.4) is 0 Å². The summed E-state index contributed by atoms with van der Waals surface area (Å²) in [4.78, 5) is 14.8. The van der Waals surface area contributed by atoms with Crippen molar-refractivity contribution in [2.75, 3.05) is 0 Å². The highest BCUT2D eigenvalue weighted by Crippen LogP contribution is 2.26. The van der Waals surface area contributed by atoms with Crippen molar-refractivity contribution in [3.8, 4) is 0 Å². The Morgan fingerprint density at radius 1 is 1.50 bits per heavy atom. The van der Waals surface area contributed by atoms with E-state index in [1.54, 1.807) is 12.1 Å². The molecule has 2 aromatic rings. The third kappa shape index (κ3) is 1.95. The van der Waals surface area contributed by atoms with Gasteiger partial charge in [-0.3, -0.25) is 0 Å². The number of aldehydes is 1. The molecule has 0 spiro atoms. The lowest BCUT2D eigenvalue weighted by Gasteiger charge is -1.97. The highest BCUT2D eigenvalue weighted by Gasteiger charge is 2.11. The molecular weight excluding hydrogens is 226 g/mol. The first-order valence-electron chi connectivity index (χ1n) is 5.14. The molecule has 1 aromatic heterocycles. The third-order valence-electron chi connectivity index (χ3n) is 2.37. The number of hydrogen-bond donors (Lipinski definition) is 0. The number of carbonyl (C=O) groups is 1. The Hall–Kier alpha value is -1.35. The second-order valence-electron chi connectivity index (χ2n) is 3.99. The molecule has 0 radical (unpaired) electrons. The summed E-state index contributed by atoms with van der Waals surface area (Å²) in [6, 6.07) is 3.52. The van der Waals surface area contributed by atoms with Crippen LogP contribution in [0.25, 0.3) is 11.1 Å². The van der Waals surface area contributed by atoms with Gasteiger partial charge in [-0.25, -0.2) is 4.98 Å². The van der Waals surface area contributed by atoms with E-state index in [4.69, 9.17) is 16.0 Å². The van der Waals surface area contributed by atoms with E-state index in [-0.39, 0.29) is 5.92 Å². The summed E-state index contributed by atoms with van der Waals surface area (Å²) in [6.45, 7) is 4.03.